The Morgan fingerprint density at radius 1 is 1.33 bits per heavy atom. The van der Waals surface area contributed by atoms with Crippen molar-refractivity contribution in [2.24, 2.45) is 0 Å². The Bertz CT molecular complexity index is 505. The van der Waals surface area contributed by atoms with E-state index in [-0.39, 0.29) is 0 Å². The van der Waals surface area contributed by atoms with Crippen LogP contribution >= 0.6 is 11.6 Å². The number of hydrogen-bond acceptors (Lipinski definition) is 2. The van der Waals surface area contributed by atoms with Crippen molar-refractivity contribution in [2.45, 2.75) is 32.9 Å². The Morgan fingerprint density at radius 3 is 2.83 bits per heavy atom. The number of nitrogens with one attached hydrogen (secondary N) is 2. The van der Waals surface area contributed by atoms with E-state index >= 15 is 0 Å². The van der Waals surface area contributed by atoms with Gasteiger partial charge in [0.05, 0.1) is 0 Å². The van der Waals surface area contributed by atoms with E-state index < -0.39 is 0 Å². The first-order valence-electron chi connectivity index (χ1n) is 6.14. The van der Waals surface area contributed by atoms with E-state index in [2.05, 4.69) is 29.1 Å². The van der Waals surface area contributed by atoms with Crippen LogP contribution in [0.25, 0.3) is 0 Å². The summed E-state index contributed by atoms with van der Waals surface area (Å²) in [6, 6.07) is 8.33. The third-order valence-corrected chi connectivity index (χ3v) is 3.07. The van der Waals surface area contributed by atoms with Gasteiger partial charge in [0.25, 0.3) is 0 Å². The summed E-state index contributed by atoms with van der Waals surface area (Å²) in [5, 5.41) is 4.14. The number of nitrogens with zero attached hydrogens (tertiary/aromatic N) is 1. The lowest BCUT2D eigenvalue weighted by Gasteiger charge is -2.05. The van der Waals surface area contributed by atoms with Gasteiger partial charge in [0.1, 0.15) is 5.82 Å². The summed E-state index contributed by atoms with van der Waals surface area (Å²) in [7, 11) is 0. The van der Waals surface area contributed by atoms with E-state index in [0.29, 0.717) is 6.04 Å². The van der Waals surface area contributed by atoms with E-state index in [1.54, 1.807) is 0 Å². The number of H-pyrrole nitrogens is 1. The molecule has 2 aromatic rings. The molecule has 0 fully saturated rings. The third-order valence-electron chi connectivity index (χ3n) is 2.70. The Balaban J connectivity index is 2.00. The minimum absolute atomic E-state index is 0.473. The molecule has 0 atom stereocenters. The van der Waals surface area contributed by atoms with Gasteiger partial charge in [-0.1, -0.05) is 43.6 Å². The van der Waals surface area contributed by atoms with Gasteiger partial charge < -0.3 is 10.3 Å². The summed E-state index contributed by atoms with van der Waals surface area (Å²) >= 11 is 6.13. The highest BCUT2D eigenvalue weighted by Crippen LogP contribution is 2.17. The highest BCUT2D eigenvalue weighted by molar-refractivity contribution is 6.31. The summed E-state index contributed by atoms with van der Waals surface area (Å²) in [5.41, 5.74) is 2.20. The molecular formula is C14H18ClN3. The van der Waals surface area contributed by atoms with Crippen molar-refractivity contribution in [3.05, 3.63) is 52.6 Å². The van der Waals surface area contributed by atoms with Gasteiger partial charge in [-0.05, 0) is 11.6 Å². The average Bonchev–Trinajstić information content (AvgIpc) is 2.77. The molecule has 4 heteroatoms. The van der Waals surface area contributed by atoms with Gasteiger partial charge in [-0.3, -0.25) is 0 Å². The first-order valence-corrected chi connectivity index (χ1v) is 6.52. The molecule has 1 heterocycles. The lowest BCUT2D eigenvalue weighted by Crippen LogP contribution is -2.21. The molecule has 2 rings (SSSR count). The van der Waals surface area contributed by atoms with Crippen molar-refractivity contribution >= 4 is 11.6 Å². The molecule has 0 saturated heterocycles. The lowest BCUT2D eigenvalue weighted by molar-refractivity contribution is 0.582. The maximum Gasteiger partial charge on any atom is 0.110 e. The fourth-order valence-electron chi connectivity index (χ4n) is 1.72. The SMILES string of the molecule is CC(C)NCc1cnc(Cc2ccccc2Cl)[nH]1. The highest BCUT2D eigenvalue weighted by Gasteiger charge is 2.05. The van der Waals surface area contributed by atoms with Crippen LogP contribution in [0.2, 0.25) is 5.02 Å². The zero-order valence-corrected chi connectivity index (χ0v) is 11.5. The highest BCUT2D eigenvalue weighted by atomic mass is 35.5. The van der Waals surface area contributed by atoms with E-state index in [1.165, 1.54) is 0 Å². The number of hydrogen-bond donors (Lipinski definition) is 2. The number of aromatic nitrogens is 2. The van der Waals surface area contributed by atoms with Crippen molar-refractivity contribution in [1.29, 1.82) is 0 Å². The van der Waals surface area contributed by atoms with E-state index in [0.717, 1.165) is 35.1 Å². The molecule has 0 unspecified atom stereocenters. The second-order valence-electron chi connectivity index (χ2n) is 4.66. The molecule has 1 aromatic heterocycles. The second kappa shape index (κ2) is 6.03. The third kappa shape index (κ3) is 3.59. The molecule has 96 valence electrons. The number of halogens is 1. The van der Waals surface area contributed by atoms with Crippen LogP contribution < -0.4 is 5.32 Å². The summed E-state index contributed by atoms with van der Waals surface area (Å²) in [6.07, 6.45) is 2.61. The predicted octanol–water partition coefficient (Wildman–Crippen LogP) is 3.15. The van der Waals surface area contributed by atoms with Gasteiger partial charge in [0, 0.05) is 35.9 Å². The quantitative estimate of drug-likeness (QED) is 0.870. The first-order chi connectivity index (χ1) is 8.65. The maximum atomic E-state index is 6.13. The van der Waals surface area contributed by atoms with Crippen molar-refractivity contribution < 1.29 is 0 Å². The lowest BCUT2D eigenvalue weighted by atomic mass is 10.1. The fourth-order valence-corrected chi connectivity index (χ4v) is 1.92. The van der Waals surface area contributed by atoms with Crippen LogP contribution in [-0.4, -0.2) is 16.0 Å². The zero-order chi connectivity index (χ0) is 13.0. The topological polar surface area (TPSA) is 40.7 Å². The van der Waals surface area contributed by atoms with Crippen molar-refractivity contribution in [3.63, 3.8) is 0 Å². The second-order valence-corrected chi connectivity index (χ2v) is 5.07. The fraction of sp³-hybridized carbons (Fsp3) is 0.357. The molecule has 0 radical (unpaired) electrons. The summed E-state index contributed by atoms with van der Waals surface area (Å²) < 4.78 is 0. The maximum absolute atomic E-state index is 6.13. The van der Waals surface area contributed by atoms with E-state index in [1.807, 2.05) is 30.5 Å². The molecule has 1 aromatic carbocycles. The minimum atomic E-state index is 0.473. The van der Waals surface area contributed by atoms with Crippen LogP contribution in [0, 0.1) is 0 Å². The molecule has 0 spiro atoms. The predicted molar refractivity (Wildman–Crippen MR) is 74.8 cm³/mol. The van der Waals surface area contributed by atoms with Crippen molar-refractivity contribution in [3.8, 4) is 0 Å². The van der Waals surface area contributed by atoms with Gasteiger partial charge in [-0.2, -0.15) is 0 Å². The number of imidazole rings is 1. The summed E-state index contributed by atoms with van der Waals surface area (Å²) in [5.74, 6) is 0.948. The summed E-state index contributed by atoms with van der Waals surface area (Å²) in [4.78, 5) is 7.69. The van der Waals surface area contributed by atoms with Crippen LogP contribution in [0.3, 0.4) is 0 Å². The monoisotopic (exact) mass is 263 g/mol. The molecule has 18 heavy (non-hydrogen) atoms. The van der Waals surface area contributed by atoms with E-state index in [4.69, 9.17) is 11.6 Å². The van der Waals surface area contributed by atoms with Crippen molar-refractivity contribution in [1.82, 2.24) is 15.3 Å². The molecule has 0 amide bonds. The van der Waals surface area contributed by atoms with Crippen LogP contribution in [0.5, 0.6) is 0 Å². The van der Waals surface area contributed by atoms with Gasteiger partial charge in [0.2, 0.25) is 0 Å². The molecule has 0 bridgehead atoms. The largest absolute Gasteiger partial charge is 0.345 e. The molecule has 0 aliphatic rings. The first kappa shape index (κ1) is 13.1. The van der Waals surface area contributed by atoms with Gasteiger partial charge in [-0.15, -0.1) is 0 Å². The van der Waals surface area contributed by atoms with Gasteiger partial charge in [0.15, 0.2) is 0 Å². The Labute approximate surface area is 113 Å². The molecular weight excluding hydrogens is 246 g/mol. The molecule has 3 nitrogen and oxygen atoms in total. The van der Waals surface area contributed by atoms with Crippen LogP contribution in [0.4, 0.5) is 0 Å². The molecule has 0 aliphatic heterocycles. The molecule has 2 N–H and O–H groups in total. The molecule has 0 aliphatic carbocycles. The standard InChI is InChI=1S/C14H18ClN3/c1-10(2)16-8-12-9-17-14(18-12)7-11-5-3-4-6-13(11)15/h3-6,9-10,16H,7-8H2,1-2H3,(H,17,18). The Hall–Kier alpha value is -1.32. The number of rotatable bonds is 5. The number of benzene rings is 1. The van der Waals surface area contributed by atoms with Crippen LogP contribution in [0.15, 0.2) is 30.5 Å². The summed E-state index contributed by atoms with van der Waals surface area (Å²) in [6.45, 7) is 5.06. The van der Waals surface area contributed by atoms with Crippen LogP contribution in [-0.2, 0) is 13.0 Å². The molecule has 0 saturated carbocycles. The Morgan fingerprint density at radius 2 is 2.11 bits per heavy atom. The van der Waals surface area contributed by atoms with Crippen molar-refractivity contribution in [2.75, 3.05) is 0 Å². The average molecular weight is 264 g/mol. The van der Waals surface area contributed by atoms with Gasteiger partial charge >= 0.3 is 0 Å². The normalized spacial score (nSPS) is 11.1. The smallest absolute Gasteiger partial charge is 0.110 e. The van der Waals surface area contributed by atoms with Crippen LogP contribution in [0.1, 0.15) is 30.9 Å². The van der Waals surface area contributed by atoms with E-state index in [9.17, 15) is 0 Å². The number of aromatic amines is 1. The minimum Gasteiger partial charge on any atom is -0.345 e. The Kier molecular flexibility index (Phi) is 4.39. The van der Waals surface area contributed by atoms with Gasteiger partial charge in [-0.25, -0.2) is 4.98 Å². The zero-order valence-electron chi connectivity index (χ0n) is 10.7.